The Kier molecular flexibility index (Phi) is 4.70. The Bertz CT molecular complexity index is 956. The van der Waals surface area contributed by atoms with Gasteiger partial charge in [-0.15, -0.1) is 0 Å². The third kappa shape index (κ3) is 3.04. The van der Waals surface area contributed by atoms with E-state index in [0.717, 1.165) is 18.5 Å². The van der Waals surface area contributed by atoms with Gasteiger partial charge in [-0.1, -0.05) is 24.3 Å². The van der Waals surface area contributed by atoms with Gasteiger partial charge in [0, 0.05) is 37.6 Å². The van der Waals surface area contributed by atoms with Crippen LogP contribution in [0.25, 0.3) is 0 Å². The first kappa shape index (κ1) is 19.1. The Hall–Kier alpha value is -2.93. The van der Waals surface area contributed by atoms with Gasteiger partial charge in [0.15, 0.2) is 5.60 Å². The number of likely N-dealkylation sites (tertiary alicyclic amines) is 1. The molecule has 0 radical (unpaired) electrons. The number of methoxy groups -OCH3 is 1. The number of fused-ring (bicyclic) bond motifs is 1. The van der Waals surface area contributed by atoms with Crippen molar-refractivity contribution in [1.82, 2.24) is 14.8 Å². The molecule has 1 aromatic carbocycles. The molecule has 0 bridgehead atoms. The molecular formula is C23H25N3O4. The Morgan fingerprint density at radius 3 is 2.60 bits per heavy atom. The lowest BCUT2D eigenvalue weighted by Gasteiger charge is -2.37. The number of hydrogen-bond donors (Lipinski definition) is 0. The zero-order chi connectivity index (χ0) is 20.7. The van der Waals surface area contributed by atoms with Gasteiger partial charge >= 0.3 is 0 Å². The average Bonchev–Trinajstić information content (AvgIpc) is 3.32. The first-order valence-corrected chi connectivity index (χ1v) is 10.5. The molecule has 1 spiro atoms. The zero-order valence-electron chi connectivity index (χ0n) is 17.0. The number of carbonyl (C=O) groups is 2. The quantitative estimate of drug-likeness (QED) is 0.782. The van der Waals surface area contributed by atoms with Crippen molar-refractivity contribution in [2.75, 3.05) is 20.2 Å². The van der Waals surface area contributed by atoms with Crippen molar-refractivity contribution in [3.63, 3.8) is 0 Å². The molecule has 7 heteroatoms. The minimum Gasteiger partial charge on any atom is -0.481 e. The highest BCUT2D eigenvalue weighted by Gasteiger charge is 2.58. The van der Waals surface area contributed by atoms with Crippen LogP contribution in [0.3, 0.4) is 0 Å². The molecule has 0 aliphatic carbocycles. The van der Waals surface area contributed by atoms with Crippen molar-refractivity contribution in [2.24, 2.45) is 0 Å². The van der Waals surface area contributed by atoms with Crippen LogP contribution in [0.1, 0.15) is 47.8 Å². The maximum atomic E-state index is 13.5. The standard InChI is InChI=1S/C23H25N3O4/c1-29-19-9-5-8-17(24-19)18-10-11-20-26(18)22(28)23(30-20)12-14-25(15-13-23)21(27)16-6-3-2-4-7-16/h2-9,18,20H,10-15H2,1H3/t18-,20+/m0/s1. The first-order chi connectivity index (χ1) is 14.6. The van der Waals surface area contributed by atoms with Crippen molar-refractivity contribution in [3.8, 4) is 5.88 Å². The Balaban J connectivity index is 1.31. The van der Waals surface area contributed by atoms with Crippen molar-refractivity contribution in [3.05, 3.63) is 59.8 Å². The fraction of sp³-hybridized carbons (Fsp3) is 0.435. The van der Waals surface area contributed by atoms with Crippen LogP contribution < -0.4 is 4.74 Å². The second kappa shape index (κ2) is 7.40. The van der Waals surface area contributed by atoms with Crippen molar-refractivity contribution >= 4 is 11.8 Å². The van der Waals surface area contributed by atoms with Gasteiger partial charge < -0.3 is 19.3 Å². The first-order valence-electron chi connectivity index (χ1n) is 10.5. The normalized spacial score (nSPS) is 24.9. The molecule has 1 aromatic heterocycles. The van der Waals surface area contributed by atoms with Crippen LogP contribution in [0.4, 0.5) is 0 Å². The van der Waals surface area contributed by atoms with E-state index in [1.165, 1.54) is 0 Å². The average molecular weight is 407 g/mol. The number of amides is 2. The van der Waals surface area contributed by atoms with E-state index in [-0.39, 0.29) is 24.1 Å². The number of hydrogen-bond acceptors (Lipinski definition) is 5. The van der Waals surface area contributed by atoms with Gasteiger partial charge in [-0.25, -0.2) is 4.98 Å². The molecule has 2 atom stereocenters. The number of carbonyl (C=O) groups excluding carboxylic acids is 2. The molecule has 0 N–H and O–H groups in total. The predicted octanol–water partition coefficient (Wildman–Crippen LogP) is 2.79. The Morgan fingerprint density at radius 1 is 1.10 bits per heavy atom. The van der Waals surface area contributed by atoms with Crippen LogP contribution in [0.15, 0.2) is 48.5 Å². The molecule has 5 rings (SSSR count). The third-order valence-corrected chi connectivity index (χ3v) is 6.49. The van der Waals surface area contributed by atoms with Gasteiger partial charge in [-0.05, 0) is 31.0 Å². The van der Waals surface area contributed by atoms with Gasteiger partial charge in [0.2, 0.25) is 5.88 Å². The minimum absolute atomic E-state index is 0.00912. The highest BCUT2D eigenvalue weighted by Crippen LogP contribution is 2.47. The summed E-state index contributed by atoms with van der Waals surface area (Å²) in [7, 11) is 1.59. The summed E-state index contributed by atoms with van der Waals surface area (Å²) in [6, 6.07) is 14.8. The summed E-state index contributed by atoms with van der Waals surface area (Å²) < 4.78 is 11.6. The molecule has 2 amide bonds. The molecule has 4 heterocycles. The van der Waals surface area contributed by atoms with Crippen molar-refractivity contribution < 1.29 is 19.1 Å². The molecule has 7 nitrogen and oxygen atoms in total. The smallest absolute Gasteiger partial charge is 0.257 e. The van der Waals surface area contributed by atoms with Crippen LogP contribution in [0, 0.1) is 0 Å². The molecule has 3 saturated heterocycles. The lowest BCUT2D eigenvalue weighted by Crippen LogP contribution is -2.51. The van der Waals surface area contributed by atoms with Gasteiger partial charge in [-0.3, -0.25) is 9.59 Å². The van der Waals surface area contributed by atoms with Gasteiger partial charge in [0.25, 0.3) is 11.8 Å². The molecule has 156 valence electrons. The number of rotatable bonds is 3. The fourth-order valence-corrected chi connectivity index (χ4v) is 4.90. The SMILES string of the molecule is COc1cccc([C@@H]2CC[C@H]3OC4(CCN(C(=O)c5ccccc5)CC4)C(=O)N32)n1. The summed E-state index contributed by atoms with van der Waals surface area (Å²) >= 11 is 0. The third-order valence-electron chi connectivity index (χ3n) is 6.49. The van der Waals surface area contributed by atoms with Crippen molar-refractivity contribution in [2.45, 2.75) is 43.6 Å². The Labute approximate surface area is 175 Å². The van der Waals surface area contributed by atoms with Crippen LogP contribution >= 0.6 is 0 Å². The summed E-state index contributed by atoms with van der Waals surface area (Å²) in [6.07, 6.45) is 2.45. The van der Waals surface area contributed by atoms with Gasteiger partial charge in [0.05, 0.1) is 18.8 Å². The maximum Gasteiger partial charge on any atom is 0.257 e. The second-order valence-electron chi connectivity index (χ2n) is 8.14. The number of ether oxygens (including phenoxy) is 2. The van der Waals surface area contributed by atoms with Crippen molar-refractivity contribution in [1.29, 1.82) is 0 Å². The molecular weight excluding hydrogens is 382 g/mol. The molecule has 2 aromatic rings. The summed E-state index contributed by atoms with van der Waals surface area (Å²) in [4.78, 5) is 34.5. The highest BCUT2D eigenvalue weighted by molar-refractivity contribution is 5.95. The lowest BCUT2D eigenvalue weighted by atomic mass is 9.89. The predicted molar refractivity (Wildman–Crippen MR) is 109 cm³/mol. The number of pyridine rings is 1. The monoisotopic (exact) mass is 407 g/mol. The zero-order valence-corrected chi connectivity index (χ0v) is 17.0. The summed E-state index contributed by atoms with van der Waals surface area (Å²) in [5, 5.41) is 0. The van der Waals surface area contributed by atoms with Crippen LogP contribution in [-0.2, 0) is 9.53 Å². The molecule has 30 heavy (non-hydrogen) atoms. The van der Waals surface area contributed by atoms with Gasteiger partial charge in [-0.2, -0.15) is 0 Å². The largest absolute Gasteiger partial charge is 0.481 e. The summed E-state index contributed by atoms with van der Waals surface area (Å²) in [5.74, 6) is 0.590. The van der Waals surface area contributed by atoms with E-state index in [4.69, 9.17) is 9.47 Å². The van der Waals surface area contributed by atoms with E-state index in [1.54, 1.807) is 13.2 Å². The fourth-order valence-electron chi connectivity index (χ4n) is 4.90. The van der Waals surface area contributed by atoms with Crippen LogP contribution in [0.5, 0.6) is 5.88 Å². The van der Waals surface area contributed by atoms with E-state index >= 15 is 0 Å². The van der Waals surface area contributed by atoms with E-state index in [1.807, 2.05) is 52.3 Å². The lowest BCUT2D eigenvalue weighted by molar-refractivity contribution is -0.142. The molecule has 3 aliphatic rings. The number of benzene rings is 1. The van der Waals surface area contributed by atoms with E-state index in [9.17, 15) is 9.59 Å². The highest BCUT2D eigenvalue weighted by atomic mass is 16.6. The van der Waals surface area contributed by atoms with E-state index < -0.39 is 5.60 Å². The molecule has 0 saturated carbocycles. The molecule has 3 fully saturated rings. The second-order valence-corrected chi connectivity index (χ2v) is 8.14. The van der Waals surface area contributed by atoms with E-state index in [2.05, 4.69) is 4.98 Å². The Morgan fingerprint density at radius 2 is 1.87 bits per heavy atom. The summed E-state index contributed by atoms with van der Waals surface area (Å²) in [5.41, 5.74) is 0.690. The minimum atomic E-state index is -0.824. The number of piperidine rings is 1. The van der Waals surface area contributed by atoms with E-state index in [0.29, 0.717) is 37.4 Å². The van der Waals surface area contributed by atoms with Crippen LogP contribution in [-0.4, -0.2) is 58.6 Å². The topological polar surface area (TPSA) is 72.0 Å². The number of nitrogens with zero attached hydrogens (tertiary/aromatic N) is 3. The maximum absolute atomic E-state index is 13.5. The molecule has 0 unspecified atom stereocenters. The summed E-state index contributed by atoms with van der Waals surface area (Å²) in [6.45, 7) is 1.03. The van der Waals surface area contributed by atoms with Crippen LogP contribution in [0.2, 0.25) is 0 Å². The van der Waals surface area contributed by atoms with Gasteiger partial charge in [0.1, 0.15) is 6.23 Å². The molecule has 3 aliphatic heterocycles. The number of aromatic nitrogens is 1.